The molecule has 2 saturated heterocycles. The normalized spacial score (nSPS) is 28.7. The van der Waals surface area contributed by atoms with Gasteiger partial charge in [-0.3, -0.25) is 4.98 Å². The highest BCUT2D eigenvalue weighted by atomic mass is 16.7. The molecule has 2 aromatic rings. The number of fused-ring (bicyclic) bond motifs is 1. The van der Waals surface area contributed by atoms with Gasteiger partial charge in [-0.25, -0.2) is 0 Å². The van der Waals surface area contributed by atoms with Crippen LogP contribution >= 0.6 is 0 Å². The number of pyridine rings is 1. The number of hydrogen-bond acceptors (Lipinski definition) is 5. The van der Waals surface area contributed by atoms with E-state index < -0.39 is 6.69 Å². The van der Waals surface area contributed by atoms with Crippen LogP contribution in [0.3, 0.4) is 0 Å². The molecule has 4 rings (SSSR count). The maximum absolute atomic E-state index is 6.26. The maximum Gasteiger partial charge on any atom is 0.529 e. The van der Waals surface area contributed by atoms with E-state index in [1.807, 2.05) is 18.2 Å². The molecule has 1 aromatic heterocycles. The van der Waals surface area contributed by atoms with Crippen molar-refractivity contribution in [3.05, 3.63) is 48.7 Å². The smallest absolute Gasteiger partial charge is 0.504 e. The molecule has 2 aliphatic heterocycles. The molecule has 2 fully saturated rings. The van der Waals surface area contributed by atoms with Gasteiger partial charge in [0.15, 0.2) is 6.79 Å². The van der Waals surface area contributed by atoms with Crippen molar-refractivity contribution in [3.63, 3.8) is 0 Å². The van der Waals surface area contributed by atoms with Crippen LogP contribution in [-0.2, 0) is 14.0 Å². The van der Waals surface area contributed by atoms with Gasteiger partial charge >= 0.3 is 6.69 Å². The fourth-order valence-corrected chi connectivity index (χ4v) is 4.03. The first-order chi connectivity index (χ1) is 11.8. The number of methoxy groups -OCH3 is 1. The van der Waals surface area contributed by atoms with Gasteiger partial charge in [0.2, 0.25) is 0 Å². The molecule has 1 aromatic carbocycles. The first kappa shape index (κ1) is 15.6. The average Bonchev–Trinajstić information content (AvgIpc) is 3.18. The molecule has 0 saturated carbocycles. The molecular formula is C17H21BN2O4. The summed E-state index contributed by atoms with van der Waals surface area (Å²) in [5.41, 5.74) is 1.92. The number of ether oxygens (including phenoxy) is 2. The molecule has 6 nitrogen and oxygen atoms in total. The predicted molar refractivity (Wildman–Crippen MR) is 92.0 cm³/mol. The quantitative estimate of drug-likeness (QED) is 0.611. The minimum Gasteiger partial charge on any atom is -0.504 e. The predicted octanol–water partition coefficient (Wildman–Crippen LogP) is 1.28. The number of rotatable bonds is 5. The average molecular weight is 328 g/mol. The third-order valence-corrected chi connectivity index (χ3v) is 5.07. The number of benzene rings is 1. The lowest BCUT2D eigenvalue weighted by Gasteiger charge is -2.46. The van der Waals surface area contributed by atoms with Gasteiger partial charge in [-0.1, -0.05) is 18.2 Å². The molecule has 2 aliphatic rings. The van der Waals surface area contributed by atoms with Crippen molar-refractivity contribution in [2.45, 2.75) is 0 Å². The van der Waals surface area contributed by atoms with Crippen LogP contribution in [-0.4, -0.2) is 51.9 Å². The van der Waals surface area contributed by atoms with Crippen LogP contribution in [0.25, 0.3) is 0 Å². The van der Waals surface area contributed by atoms with Crippen LogP contribution in [0.15, 0.2) is 48.7 Å². The van der Waals surface area contributed by atoms with E-state index in [0.29, 0.717) is 23.4 Å². The number of aromatic nitrogens is 1. The van der Waals surface area contributed by atoms with Crippen LogP contribution in [0.1, 0.15) is 0 Å². The Hall–Kier alpha value is -1.93. The third kappa shape index (κ3) is 2.17. The van der Waals surface area contributed by atoms with Crippen LogP contribution in [0.5, 0.6) is 5.75 Å². The van der Waals surface area contributed by atoms with Crippen molar-refractivity contribution in [2.75, 3.05) is 40.2 Å². The molecule has 0 radical (unpaired) electrons. The molecule has 0 spiro atoms. The molecule has 0 aliphatic carbocycles. The van der Waals surface area contributed by atoms with Gasteiger partial charge in [0.25, 0.3) is 0 Å². The first-order valence-electron chi connectivity index (χ1n) is 8.24. The minimum absolute atomic E-state index is 0.163. The standard InChI is InChI=1S/C17H21BN2O4/c1-21-14-22-16-8-5-9-19-17(16)18-20(10-12-23-18,11-13-24-18)15-6-3-2-4-7-15/h2-9H,10-14H2,1H3. The second-order valence-corrected chi connectivity index (χ2v) is 6.17. The summed E-state index contributed by atoms with van der Waals surface area (Å²) in [6.07, 6.45) is 1.76. The Morgan fingerprint density at radius 2 is 1.83 bits per heavy atom. The van der Waals surface area contributed by atoms with Gasteiger partial charge < -0.3 is 23.2 Å². The Balaban J connectivity index is 1.84. The van der Waals surface area contributed by atoms with Crippen LogP contribution in [0, 0.1) is 0 Å². The van der Waals surface area contributed by atoms with E-state index in [-0.39, 0.29) is 6.79 Å². The fourth-order valence-electron chi connectivity index (χ4n) is 4.03. The van der Waals surface area contributed by atoms with E-state index in [1.165, 1.54) is 5.69 Å². The van der Waals surface area contributed by atoms with Crippen LogP contribution < -0.4 is 14.7 Å². The Kier molecular flexibility index (Phi) is 4.01. The highest BCUT2D eigenvalue weighted by Gasteiger charge is 2.63. The van der Waals surface area contributed by atoms with E-state index in [9.17, 15) is 0 Å². The molecule has 0 bridgehead atoms. The zero-order valence-electron chi connectivity index (χ0n) is 13.8. The van der Waals surface area contributed by atoms with Crippen molar-refractivity contribution in [1.82, 2.24) is 9.38 Å². The van der Waals surface area contributed by atoms with Gasteiger partial charge in [-0.15, -0.1) is 0 Å². The molecule has 0 amide bonds. The van der Waals surface area contributed by atoms with E-state index in [2.05, 4.69) is 29.2 Å². The van der Waals surface area contributed by atoms with Crippen molar-refractivity contribution in [3.8, 4) is 5.75 Å². The number of nitrogens with zero attached hydrogens (tertiary/aromatic N) is 2. The third-order valence-electron chi connectivity index (χ3n) is 5.07. The lowest BCUT2D eigenvalue weighted by atomic mass is 9.63. The van der Waals surface area contributed by atoms with E-state index in [0.717, 1.165) is 18.7 Å². The summed E-state index contributed by atoms with van der Waals surface area (Å²) in [6.45, 7) is 1.36. The summed E-state index contributed by atoms with van der Waals surface area (Å²) in [7, 11) is 1.60. The maximum atomic E-state index is 6.26. The van der Waals surface area contributed by atoms with Crippen molar-refractivity contribution >= 4 is 18.0 Å². The molecule has 7 heteroatoms. The largest absolute Gasteiger partial charge is 0.529 e. The zero-order chi connectivity index (χ0) is 16.5. The van der Waals surface area contributed by atoms with Crippen LogP contribution in [0.2, 0.25) is 0 Å². The Labute approximate surface area is 141 Å². The minimum atomic E-state index is -1.80. The van der Waals surface area contributed by atoms with Gasteiger partial charge in [0, 0.05) is 13.3 Å². The molecule has 0 unspecified atom stereocenters. The first-order valence-corrected chi connectivity index (χ1v) is 8.24. The van der Waals surface area contributed by atoms with E-state index in [1.54, 1.807) is 13.3 Å². The second kappa shape index (κ2) is 6.18. The summed E-state index contributed by atoms with van der Waals surface area (Å²) in [5.74, 6) is 0.654. The number of quaternary nitrogens is 1. The number of hydrogen-bond donors (Lipinski definition) is 0. The van der Waals surface area contributed by atoms with Gasteiger partial charge in [0.1, 0.15) is 5.75 Å². The summed E-state index contributed by atoms with van der Waals surface area (Å²) in [4.78, 5) is 4.60. The summed E-state index contributed by atoms with van der Waals surface area (Å²) >= 11 is 0. The van der Waals surface area contributed by atoms with E-state index in [4.69, 9.17) is 18.8 Å². The topological polar surface area (TPSA) is 49.8 Å². The fraction of sp³-hybridized carbons (Fsp3) is 0.353. The molecule has 3 heterocycles. The summed E-state index contributed by atoms with van der Waals surface area (Å²) in [6, 6.07) is 14.2. The highest BCUT2D eigenvalue weighted by molar-refractivity contribution is 6.82. The summed E-state index contributed by atoms with van der Waals surface area (Å²) in [5, 5.41) is 0. The Morgan fingerprint density at radius 1 is 1.08 bits per heavy atom. The van der Waals surface area contributed by atoms with Gasteiger partial charge in [-0.05, 0) is 24.3 Å². The van der Waals surface area contributed by atoms with Crippen molar-refractivity contribution < 1.29 is 18.8 Å². The molecule has 0 N–H and O–H groups in total. The summed E-state index contributed by atoms with van der Waals surface area (Å²) < 4.78 is 24.0. The highest BCUT2D eigenvalue weighted by Crippen LogP contribution is 2.40. The molecule has 126 valence electrons. The van der Waals surface area contributed by atoms with E-state index >= 15 is 0 Å². The Morgan fingerprint density at radius 3 is 2.54 bits per heavy atom. The Bertz CT molecular complexity index is 703. The van der Waals surface area contributed by atoms with Gasteiger partial charge in [0.05, 0.1) is 37.6 Å². The number of para-hydroxylation sites is 1. The SMILES string of the molecule is COCOc1cccnc1[B-]12OCC[N+]1(c1ccccc1)CCO2. The molecular weight excluding hydrogens is 307 g/mol. The zero-order valence-corrected chi connectivity index (χ0v) is 13.8. The lowest BCUT2D eigenvalue weighted by Crippen LogP contribution is -2.71. The van der Waals surface area contributed by atoms with Crippen molar-refractivity contribution in [2.24, 2.45) is 0 Å². The van der Waals surface area contributed by atoms with Crippen molar-refractivity contribution in [1.29, 1.82) is 0 Å². The monoisotopic (exact) mass is 328 g/mol. The van der Waals surface area contributed by atoms with Crippen LogP contribution in [0.4, 0.5) is 5.69 Å². The van der Waals surface area contributed by atoms with Gasteiger partial charge in [-0.2, -0.15) is 0 Å². The molecule has 24 heavy (non-hydrogen) atoms. The molecule has 0 atom stereocenters. The second-order valence-electron chi connectivity index (χ2n) is 6.17. The lowest BCUT2D eigenvalue weighted by molar-refractivity contribution is 0.0513.